The fourth-order valence-corrected chi connectivity index (χ4v) is 3.85. The minimum atomic E-state index is -0.411. The molecule has 3 rings (SSSR count). The van der Waals surface area contributed by atoms with Crippen molar-refractivity contribution < 1.29 is 19.0 Å². The van der Waals surface area contributed by atoms with E-state index in [9.17, 15) is 4.79 Å². The summed E-state index contributed by atoms with van der Waals surface area (Å²) < 4.78 is 16.9. The highest BCUT2D eigenvalue weighted by Gasteiger charge is 2.31. The molecule has 1 aromatic rings. The van der Waals surface area contributed by atoms with E-state index in [4.69, 9.17) is 26.4 Å². The van der Waals surface area contributed by atoms with Gasteiger partial charge in [-0.3, -0.25) is 0 Å². The minimum absolute atomic E-state index is 0.243. The van der Waals surface area contributed by atoms with Crippen molar-refractivity contribution in [1.82, 2.24) is 10.6 Å². The molecule has 27 heavy (non-hydrogen) atoms. The first-order valence-electron chi connectivity index (χ1n) is 9.33. The Bertz CT molecular complexity index is 756. The summed E-state index contributed by atoms with van der Waals surface area (Å²) in [5.41, 5.74) is 2.04. The highest BCUT2D eigenvalue weighted by atomic mass is 32.1. The molecule has 1 saturated carbocycles. The van der Waals surface area contributed by atoms with Crippen LogP contribution in [-0.2, 0) is 9.53 Å². The lowest BCUT2D eigenvalue weighted by Crippen LogP contribution is -2.45. The number of carbonyl (C=O) groups is 1. The van der Waals surface area contributed by atoms with Gasteiger partial charge in [0.2, 0.25) is 0 Å². The number of allylic oxidation sites excluding steroid dienone is 1. The molecule has 2 aliphatic rings. The maximum Gasteiger partial charge on any atom is 0.337 e. The van der Waals surface area contributed by atoms with Crippen molar-refractivity contribution in [2.75, 3.05) is 13.7 Å². The van der Waals surface area contributed by atoms with E-state index in [-0.39, 0.29) is 6.10 Å². The number of hydrogen-bond donors (Lipinski definition) is 2. The fourth-order valence-electron chi connectivity index (χ4n) is 3.58. The van der Waals surface area contributed by atoms with Crippen molar-refractivity contribution in [2.45, 2.75) is 51.7 Å². The van der Waals surface area contributed by atoms with Crippen molar-refractivity contribution >= 4 is 23.3 Å². The van der Waals surface area contributed by atoms with Crippen molar-refractivity contribution in [3.8, 4) is 11.5 Å². The van der Waals surface area contributed by atoms with Gasteiger partial charge in [0.1, 0.15) is 0 Å². The normalized spacial score (nSPS) is 20.1. The second-order valence-electron chi connectivity index (χ2n) is 6.73. The number of thiocarbonyl (C=S) groups is 1. The molecule has 1 unspecified atom stereocenters. The lowest BCUT2D eigenvalue weighted by molar-refractivity contribution is -0.136. The number of benzene rings is 1. The van der Waals surface area contributed by atoms with Crippen molar-refractivity contribution in [3.05, 3.63) is 35.0 Å². The average molecular weight is 391 g/mol. The molecule has 0 saturated heterocycles. The highest BCUT2D eigenvalue weighted by Crippen LogP contribution is 2.36. The number of methoxy groups -OCH3 is 1. The average Bonchev–Trinajstić information content (AvgIpc) is 3.15. The molecule has 0 bridgehead atoms. The molecular weight excluding hydrogens is 364 g/mol. The number of rotatable bonds is 6. The summed E-state index contributed by atoms with van der Waals surface area (Å²) in [6.07, 6.45) is 4.80. The Morgan fingerprint density at radius 2 is 2.00 bits per heavy atom. The van der Waals surface area contributed by atoms with Gasteiger partial charge in [0.25, 0.3) is 0 Å². The number of esters is 1. The third-order valence-electron chi connectivity index (χ3n) is 4.87. The van der Waals surface area contributed by atoms with Crippen LogP contribution in [-0.4, -0.2) is 30.9 Å². The standard InChI is InChI=1S/C20H26N2O4S/c1-4-25-16-11-13(9-10-15(16)26-14-7-5-6-8-14)18-17(19(23)24-3)12(2)21-20(27)22-18/h9-11,14,18H,4-8H2,1-3H3,(H2,21,22,27). The van der Waals surface area contributed by atoms with Gasteiger partial charge in [-0.15, -0.1) is 0 Å². The predicted octanol–water partition coefficient (Wildman–Crippen LogP) is 3.37. The van der Waals surface area contributed by atoms with E-state index in [2.05, 4.69) is 10.6 Å². The number of ether oxygens (including phenoxy) is 3. The molecule has 146 valence electrons. The van der Waals surface area contributed by atoms with Crippen LogP contribution in [0.5, 0.6) is 11.5 Å². The summed E-state index contributed by atoms with van der Waals surface area (Å²) in [4.78, 5) is 12.3. The monoisotopic (exact) mass is 390 g/mol. The highest BCUT2D eigenvalue weighted by molar-refractivity contribution is 7.80. The van der Waals surface area contributed by atoms with E-state index in [1.54, 1.807) is 0 Å². The second kappa shape index (κ2) is 8.61. The van der Waals surface area contributed by atoms with Gasteiger partial charge in [0, 0.05) is 5.70 Å². The molecule has 1 aliphatic carbocycles. The summed E-state index contributed by atoms with van der Waals surface area (Å²) in [5, 5.41) is 6.61. The van der Waals surface area contributed by atoms with Gasteiger partial charge in [-0.1, -0.05) is 6.07 Å². The topological polar surface area (TPSA) is 68.8 Å². The molecule has 0 spiro atoms. The lowest BCUT2D eigenvalue weighted by Gasteiger charge is -2.30. The molecule has 0 radical (unpaired) electrons. The molecule has 2 N–H and O–H groups in total. The van der Waals surface area contributed by atoms with E-state index in [1.807, 2.05) is 32.0 Å². The molecular formula is C20H26N2O4S. The molecule has 1 heterocycles. The molecule has 1 fully saturated rings. The third kappa shape index (κ3) is 4.35. The van der Waals surface area contributed by atoms with Gasteiger partial charge in [0.05, 0.1) is 31.4 Å². The Kier molecular flexibility index (Phi) is 6.21. The first kappa shape index (κ1) is 19.5. The van der Waals surface area contributed by atoms with Gasteiger partial charge in [-0.05, 0) is 69.4 Å². The van der Waals surface area contributed by atoms with E-state index in [1.165, 1.54) is 20.0 Å². The Hall–Kier alpha value is -2.28. The van der Waals surface area contributed by atoms with Crippen LogP contribution in [0.1, 0.15) is 51.1 Å². The zero-order chi connectivity index (χ0) is 19.4. The van der Waals surface area contributed by atoms with Crippen LogP contribution in [0.25, 0.3) is 0 Å². The van der Waals surface area contributed by atoms with Crippen LogP contribution in [0, 0.1) is 0 Å². The maximum atomic E-state index is 12.3. The zero-order valence-corrected chi connectivity index (χ0v) is 16.8. The first-order chi connectivity index (χ1) is 13.0. The van der Waals surface area contributed by atoms with Crippen LogP contribution >= 0.6 is 12.2 Å². The summed E-state index contributed by atoms with van der Waals surface area (Å²) in [6, 6.07) is 5.35. The Morgan fingerprint density at radius 1 is 1.26 bits per heavy atom. The van der Waals surface area contributed by atoms with Crippen LogP contribution < -0.4 is 20.1 Å². The summed E-state index contributed by atoms with van der Waals surface area (Å²) in [7, 11) is 1.37. The summed E-state index contributed by atoms with van der Waals surface area (Å²) >= 11 is 5.28. The molecule has 6 nitrogen and oxygen atoms in total. The van der Waals surface area contributed by atoms with Crippen LogP contribution in [0.2, 0.25) is 0 Å². The van der Waals surface area contributed by atoms with Crippen molar-refractivity contribution in [3.63, 3.8) is 0 Å². The Labute approximate surface area is 165 Å². The van der Waals surface area contributed by atoms with E-state index in [0.29, 0.717) is 28.7 Å². The Morgan fingerprint density at radius 3 is 2.67 bits per heavy atom. The fraction of sp³-hybridized carbons (Fsp3) is 0.500. The second-order valence-corrected chi connectivity index (χ2v) is 7.13. The van der Waals surface area contributed by atoms with Crippen LogP contribution in [0.3, 0.4) is 0 Å². The van der Waals surface area contributed by atoms with Crippen molar-refractivity contribution in [1.29, 1.82) is 0 Å². The Balaban J connectivity index is 1.94. The summed E-state index contributed by atoms with van der Waals surface area (Å²) in [5.74, 6) is 1.02. The van der Waals surface area contributed by atoms with Gasteiger partial charge in [0.15, 0.2) is 16.6 Å². The first-order valence-corrected chi connectivity index (χ1v) is 9.74. The van der Waals surface area contributed by atoms with Gasteiger partial charge >= 0.3 is 5.97 Å². The maximum absolute atomic E-state index is 12.3. The number of carbonyl (C=O) groups excluding carboxylic acids is 1. The van der Waals surface area contributed by atoms with Gasteiger partial charge in [-0.25, -0.2) is 4.79 Å². The quantitative estimate of drug-likeness (QED) is 0.570. The molecule has 1 aromatic carbocycles. The SMILES string of the molecule is CCOc1cc(C2NC(=S)NC(C)=C2C(=O)OC)ccc1OC1CCCC1. The molecule has 0 aromatic heterocycles. The largest absolute Gasteiger partial charge is 0.490 e. The minimum Gasteiger partial charge on any atom is -0.490 e. The smallest absolute Gasteiger partial charge is 0.337 e. The van der Waals surface area contributed by atoms with Crippen LogP contribution in [0.4, 0.5) is 0 Å². The van der Waals surface area contributed by atoms with Crippen molar-refractivity contribution in [2.24, 2.45) is 0 Å². The third-order valence-corrected chi connectivity index (χ3v) is 5.09. The number of nitrogens with one attached hydrogen (secondary N) is 2. The van der Waals surface area contributed by atoms with Gasteiger partial charge in [-0.2, -0.15) is 0 Å². The van der Waals surface area contributed by atoms with E-state index in [0.717, 1.165) is 24.2 Å². The molecule has 0 amide bonds. The lowest BCUT2D eigenvalue weighted by atomic mass is 9.95. The van der Waals surface area contributed by atoms with Gasteiger partial charge < -0.3 is 24.8 Å². The summed E-state index contributed by atoms with van der Waals surface area (Å²) in [6.45, 7) is 4.28. The molecule has 1 atom stereocenters. The van der Waals surface area contributed by atoms with E-state index < -0.39 is 12.0 Å². The van der Waals surface area contributed by atoms with E-state index >= 15 is 0 Å². The molecule has 7 heteroatoms. The number of hydrogen-bond acceptors (Lipinski definition) is 5. The zero-order valence-electron chi connectivity index (χ0n) is 16.0. The predicted molar refractivity (Wildman–Crippen MR) is 107 cm³/mol. The molecule has 1 aliphatic heterocycles. The van der Waals surface area contributed by atoms with Crippen LogP contribution in [0.15, 0.2) is 29.5 Å².